The summed E-state index contributed by atoms with van der Waals surface area (Å²) in [5.41, 5.74) is 4.37. The summed E-state index contributed by atoms with van der Waals surface area (Å²) < 4.78 is 16.8. The van der Waals surface area contributed by atoms with Crippen LogP contribution in [0.5, 0.6) is 5.75 Å². The van der Waals surface area contributed by atoms with Crippen LogP contribution in [-0.2, 0) is 20.7 Å². The van der Waals surface area contributed by atoms with Gasteiger partial charge in [0.15, 0.2) is 0 Å². The summed E-state index contributed by atoms with van der Waals surface area (Å²) in [4.78, 5) is 11.8. The molecular formula is C26H31NO4. The zero-order valence-electron chi connectivity index (χ0n) is 18.6. The molecule has 2 aromatic rings. The molecule has 1 N–H and O–H groups in total. The van der Waals surface area contributed by atoms with Gasteiger partial charge in [-0.1, -0.05) is 23.8 Å². The second kappa shape index (κ2) is 10.8. The van der Waals surface area contributed by atoms with Crippen molar-refractivity contribution in [1.82, 2.24) is 0 Å². The number of benzene rings is 2. The number of carbonyl (C=O) groups is 1. The molecule has 0 spiro atoms. The number of aryl methyl sites for hydroxylation is 2. The average molecular weight is 422 g/mol. The van der Waals surface area contributed by atoms with Crippen molar-refractivity contribution in [3.8, 4) is 5.75 Å². The first kappa shape index (κ1) is 22.6. The molecular weight excluding hydrogens is 390 g/mol. The number of carbonyl (C=O) groups excluding carboxylic acids is 1. The second-order valence-electron chi connectivity index (χ2n) is 7.76. The van der Waals surface area contributed by atoms with Crippen molar-refractivity contribution in [3.63, 3.8) is 0 Å². The van der Waals surface area contributed by atoms with Crippen molar-refractivity contribution in [1.29, 1.82) is 5.41 Å². The van der Waals surface area contributed by atoms with E-state index >= 15 is 0 Å². The predicted molar refractivity (Wildman–Crippen MR) is 122 cm³/mol. The van der Waals surface area contributed by atoms with Gasteiger partial charge in [-0.25, -0.2) is 0 Å². The quantitative estimate of drug-likeness (QED) is 0.244. The Kier molecular flexibility index (Phi) is 7.88. The van der Waals surface area contributed by atoms with E-state index in [1.807, 2.05) is 57.2 Å². The van der Waals surface area contributed by atoms with Crippen LogP contribution in [0, 0.1) is 12.3 Å². The molecule has 1 aliphatic rings. The maximum Gasteiger partial charge on any atom is 0.306 e. The number of fused-ring (bicyclic) bond motifs is 1. The normalized spacial score (nSPS) is 15.3. The molecule has 0 bridgehead atoms. The van der Waals surface area contributed by atoms with Gasteiger partial charge < -0.3 is 14.2 Å². The fraction of sp³-hybridized carbons (Fsp3) is 0.385. The Hall–Kier alpha value is -3.08. The molecule has 5 nitrogen and oxygen atoms in total. The Balaban J connectivity index is 1.50. The molecule has 0 unspecified atom stereocenters. The molecule has 3 rings (SSSR count). The third kappa shape index (κ3) is 6.20. The van der Waals surface area contributed by atoms with E-state index in [2.05, 4.69) is 12.1 Å². The third-order valence-electron chi connectivity index (χ3n) is 5.52. The van der Waals surface area contributed by atoms with Crippen molar-refractivity contribution < 1.29 is 19.0 Å². The van der Waals surface area contributed by atoms with Gasteiger partial charge in [0, 0.05) is 12.0 Å². The summed E-state index contributed by atoms with van der Waals surface area (Å²) in [7, 11) is 0. The van der Waals surface area contributed by atoms with E-state index in [0.717, 1.165) is 29.7 Å². The third-order valence-corrected chi connectivity index (χ3v) is 5.52. The van der Waals surface area contributed by atoms with Gasteiger partial charge in [0.05, 0.1) is 19.6 Å². The van der Waals surface area contributed by atoms with Crippen LogP contribution < -0.4 is 4.74 Å². The minimum Gasteiger partial charge on any atom is -0.493 e. The Morgan fingerprint density at radius 2 is 1.97 bits per heavy atom. The Morgan fingerprint density at radius 3 is 2.68 bits per heavy atom. The highest BCUT2D eigenvalue weighted by Gasteiger charge is 2.25. The first-order valence-electron chi connectivity index (χ1n) is 10.9. The Labute approximate surface area is 184 Å². The van der Waals surface area contributed by atoms with E-state index in [1.54, 1.807) is 0 Å². The number of hydrogen-bond donors (Lipinski definition) is 1. The smallest absolute Gasteiger partial charge is 0.306 e. The standard InChI is InChI=1S/C26H31NO4/c1-4-22(31-26(27)19-8-6-18(3)7-9-19)14-15-30-23-12-13-24-20(16-23)10-11-21(24)17-25(28)29-5-2/h4,6-9,12-13,16,21,27H,5,10-11,14-15,17H2,1-3H3/b22-4+,27-26?/t21-/m0/s1. The molecule has 1 aliphatic carbocycles. The maximum absolute atomic E-state index is 11.8. The monoisotopic (exact) mass is 421 g/mol. The molecule has 0 aromatic heterocycles. The van der Waals surface area contributed by atoms with Crippen molar-refractivity contribution in [2.24, 2.45) is 0 Å². The zero-order chi connectivity index (χ0) is 22.2. The van der Waals surface area contributed by atoms with E-state index in [-0.39, 0.29) is 17.8 Å². The number of esters is 1. The van der Waals surface area contributed by atoms with E-state index in [1.165, 1.54) is 11.1 Å². The van der Waals surface area contributed by atoms with Gasteiger partial charge in [-0.2, -0.15) is 0 Å². The summed E-state index contributed by atoms with van der Waals surface area (Å²) in [6.45, 7) is 6.64. The van der Waals surface area contributed by atoms with Gasteiger partial charge in [0.2, 0.25) is 5.90 Å². The predicted octanol–water partition coefficient (Wildman–Crippen LogP) is 5.69. The van der Waals surface area contributed by atoms with Crippen LogP contribution >= 0.6 is 0 Å². The lowest BCUT2D eigenvalue weighted by Gasteiger charge is -2.13. The number of ether oxygens (including phenoxy) is 3. The van der Waals surface area contributed by atoms with Crippen LogP contribution in [0.15, 0.2) is 54.3 Å². The van der Waals surface area contributed by atoms with Gasteiger partial charge in [-0.3, -0.25) is 10.2 Å². The molecule has 0 saturated heterocycles. The van der Waals surface area contributed by atoms with Crippen molar-refractivity contribution in [2.45, 2.75) is 52.4 Å². The minimum atomic E-state index is -0.129. The number of rotatable bonds is 9. The first-order valence-corrected chi connectivity index (χ1v) is 10.9. The number of nitrogens with one attached hydrogen (secondary N) is 1. The molecule has 0 saturated carbocycles. The van der Waals surface area contributed by atoms with Gasteiger partial charge >= 0.3 is 5.97 Å². The summed E-state index contributed by atoms with van der Waals surface area (Å²) in [5.74, 6) is 1.77. The Morgan fingerprint density at radius 1 is 1.19 bits per heavy atom. The molecule has 0 heterocycles. The lowest BCUT2D eigenvalue weighted by molar-refractivity contribution is -0.143. The van der Waals surface area contributed by atoms with Gasteiger partial charge in [0.1, 0.15) is 11.5 Å². The highest BCUT2D eigenvalue weighted by molar-refractivity contribution is 5.92. The molecule has 1 atom stereocenters. The largest absolute Gasteiger partial charge is 0.493 e. The van der Waals surface area contributed by atoms with Crippen LogP contribution in [-0.4, -0.2) is 25.1 Å². The van der Waals surface area contributed by atoms with E-state index in [4.69, 9.17) is 19.6 Å². The van der Waals surface area contributed by atoms with Crippen molar-refractivity contribution >= 4 is 11.9 Å². The maximum atomic E-state index is 11.8. The number of hydrogen-bond acceptors (Lipinski definition) is 5. The van der Waals surface area contributed by atoms with Crippen molar-refractivity contribution in [3.05, 3.63) is 76.6 Å². The summed E-state index contributed by atoms with van der Waals surface area (Å²) >= 11 is 0. The lowest BCUT2D eigenvalue weighted by atomic mass is 9.98. The summed E-state index contributed by atoms with van der Waals surface area (Å²) in [6, 6.07) is 13.8. The van der Waals surface area contributed by atoms with Crippen LogP contribution in [0.2, 0.25) is 0 Å². The van der Waals surface area contributed by atoms with Gasteiger partial charge in [-0.15, -0.1) is 0 Å². The van der Waals surface area contributed by atoms with Gasteiger partial charge in [-0.05, 0) is 81.0 Å². The fourth-order valence-electron chi connectivity index (χ4n) is 3.82. The number of allylic oxidation sites excluding steroid dienone is 1. The fourth-order valence-corrected chi connectivity index (χ4v) is 3.82. The highest BCUT2D eigenvalue weighted by Crippen LogP contribution is 2.37. The molecule has 0 fully saturated rings. The molecule has 5 heteroatoms. The molecule has 0 radical (unpaired) electrons. The lowest BCUT2D eigenvalue weighted by Crippen LogP contribution is -2.09. The summed E-state index contributed by atoms with van der Waals surface area (Å²) in [5, 5.41) is 8.17. The van der Waals surface area contributed by atoms with E-state index in [0.29, 0.717) is 31.8 Å². The Bertz CT molecular complexity index is 946. The molecule has 0 aliphatic heterocycles. The first-order chi connectivity index (χ1) is 15.0. The van der Waals surface area contributed by atoms with Crippen LogP contribution in [0.3, 0.4) is 0 Å². The molecule has 31 heavy (non-hydrogen) atoms. The van der Waals surface area contributed by atoms with E-state index < -0.39 is 0 Å². The zero-order valence-corrected chi connectivity index (χ0v) is 18.6. The average Bonchev–Trinajstić information content (AvgIpc) is 3.15. The SMILES string of the molecule is C/C=C(\CCOc1ccc2c(c1)CC[C@H]2CC(=O)OCC)OC(=N)c1ccc(C)cc1. The van der Waals surface area contributed by atoms with Crippen LogP contribution in [0.25, 0.3) is 0 Å². The highest BCUT2D eigenvalue weighted by atomic mass is 16.5. The molecule has 2 aromatic carbocycles. The minimum absolute atomic E-state index is 0.129. The molecule has 164 valence electrons. The van der Waals surface area contributed by atoms with Crippen LogP contribution in [0.1, 0.15) is 61.3 Å². The topological polar surface area (TPSA) is 68.6 Å². The molecule has 0 amide bonds. The second-order valence-corrected chi connectivity index (χ2v) is 7.76. The van der Waals surface area contributed by atoms with E-state index in [9.17, 15) is 4.79 Å². The van der Waals surface area contributed by atoms with Crippen LogP contribution in [0.4, 0.5) is 0 Å². The summed E-state index contributed by atoms with van der Waals surface area (Å²) in [6.07, 6.45) is 4.81. The van der Waals surface area contributed by atoms with Gasteiger partial charge in [0.25, 0.3) is 0 Å². The van der Waals surface area contributed by atoms with Crippen molar-refractivity contribution in [2.75, 3.05) is 13.2 Å².